The highest BCUT2D eigenvalue weighted by molar-refractivity contribution is 5.78. The highest BCUT2D eigenvalue weighted by atomic mass is 16.2. The molecule has 0 aromatic carbocycles. The van der Waals surface area contributed by atoms with Crippen molar-refractivity contribution in [3.63, 3.8) is 0 Å². The van der Waals surface area contributed by atoms with E-state index >= 15 is 0 Å². The molecule has 26 heavy (non-hydrogen) atoms. The summed E-state index contributed by atoms with van der Waals surface area (Å²) in [6.07, 6.45) is 10.2. The van der Waals surface area contributed by atoms with Crippen LogP contribution in [0.5, 0.6) is 0 Å². The zero-order valence-electron chi connectivity index (χ0n) is 15.8. The van der Waals surface area contributed by atoms with Crippen molar-refractivity contribution < 1.29 is 9.59 Å². The van der Waals surface area contributed by atoms with Crippen molar-refractivity contribution in [2.75, 3.05) is 26.2 Å². The molecule has 0 aromatic heterocycles. The molecule has 146 valence electrons. The van der Waals surface area contributed by atoms with Crippen LogP contribution in [0.15, 0.2) is 0 Å². The Morgan fingerprint density at radius 2 is 1.65 bits per heavy atom. The standard InChI is InChI=1S/C20H34N4O2/c25-18(22-5-2-14-1-4-21-13-14)3-6-23-19(26)24-20-10-15-7-16(11-20)9-17(8-15)12-20/h14-17,21H,1-13H2,(H,22,25)(H2,23,24,26). The van der Waals surface area contributed by atoms with Crippen molar-refractivity contribution in [3.8, 4) is 0 Å². The molecular formula is C20H34N4O2. The molecule has 1 saturated heterocycles. The Hall–Kier alpha value is -1.30. The van der Waals surface area contributed by atoms with E-state index in [1.54, 1.807) is 0 Å². The van der Waals surface area contributed by atoms with Crippen LogP contribution < -0.4 is 21.3 Å². The molecule has 4 aliphatic carbocycles. The fourth-order valence-corrected chi connectivity index (χ4v) is 6.30. The van der Waals surface area contributed by atoms with Gasteiger partial charge in [-0.1, -0.05) is 0 Å². The minimum atomic E-state index is -0.0863. The van der Waals surface area contributed by atoms with Crippen LogP contribution in [0.25, 0.3) is 0 Å². The number of carbonyl (C=O) groups is 2. The van der Waals surface area contributed by atoms with E-state index in [9.17, 15) is 9.59 Å². The van der Waals surface area contributed by atoms with Gasteiger partial charge in [-0.3, -0.25) is 4.79 Å². The number of rotatable bonds is 7. The fraction of sp³-hybridized carbons (Fsp3) is 0.900. The molecule has 1 aliphatic heterocycles. The summed E-state index contributed by atoms with van der Waals surface area (Å²) in [6.45, 7) is 3.32. The van der Waals surface area contributed by atoms with E-state index in [4.69, 9.17) is 0 Å². The monoisotopic (exact) mass is 362 g/mol. The number of amides is 3. The van der Waals surface area contributed by atoms with Gasteiger partial charge in [0, 0.05) is 25.0 Å². The summed E-state index contributed by atoms with van der Waals surface area (Å²) < 4.78 is 0. The molecule has 0 spiro atoms. The molecule has 6 nitrogen and oxygen atoms in total. The van der Waals surface area contributed by atoms with E-state index in [0.29, 0.717) is 18.9 Å². The predicted molar refractivity (Wildman–Crippen MR) is 101 cm³/mol. The average molecular weight is 363 g/mol. The number of nitrogens with one attached hydrogen (secondary N) is 4. The van der Waals surface area contributed by atoms with Gasteiger partial charge in [0.25, 0.3) is 0 Å². The number of urea groups is 1. The molecule has 5 fully saturated rings. The van der Waals surface area contributed by atoms with E-state index in [2.05, 4.69) is 21.3 Å². The average Bonchev–Trinajstić information content (AvgIpc) is 3.06. The number of carbonyl (C=O) groups excluding carboxylic acids is 2. The maximum absolute atomic E-state index is 12.3. The second kappa shape index (κ2) is 7.75. The van der Waals surface area contributed by atoms with Crippen LogP contribution in [0.1, 0.15) is 57.8 Å². The van der Waals surface area contributed by atoms with Gasteiger partial charge in [-0.2, -0.15) is 0 Å². The van der Waals surface area contributed by atoms with Crippen LogP contribution in [-0.4, -0.2) is 43.7 Å². The van der Waals surface area contributed by atoms with E-state index in [0.717, 1.165) is 63.1 Å². The molecule has 4 N–H and O–H groups in total. The van der Waals surface area contributed by atoms with E-state index in [1.165, 1.54) is 25.7 Å². The largest absolute Gasteiger partial charge is 0.356 e. The van der Waals surface area contributed by atoms with Crippen molar-refractivity contribution in [1.29, 1.82) is 0 Å². The topological polar surface area (TPSA) is 82.3 Å². The first kappa shape index (κ1) is 18.1. The van der Waals surface area contributed by atoms with Gasteiger partial charge in [-0.25, -0.2) is 4.79 Å². The Labute approximate surface area is 156 Å². The van der Waals surface area contributed by atoms with Crippen LogP contribution in [0, 0.1) is 23.7 Å². The summed E-state index contributed by atoms with van der Waals surface area (Å²) in [7, 11) is 0. The molecule has 4 bridgehead atoms. The third-order valence-electron chi connectivity index (χ3n) is 7.09. The first-order chi connectivity index (χ1) is 12.6. The first-order valence-corrected chi connectivity index (χ1v) is 10.6. The first-order valence-electron chi connectivity index (χ1n) is 10.6. The lowest BCUT2D eigenvalue weighted by atomic mass is 9.53. The van der Waals surface area contributed by atoms with Crippen LogP contribution >= 0.6 is 0 Å². The van der Waals surface area contributed by atoms with E-state index in [-0.39, 0.29) is 17.5 Å². The van der Waals surface area contributed by atoms with Crippen LogP contribution in [0.4, 0.5) is 4.79 Å². The molecule has 5 aliphatic rings. The predicted octanol–water partition coefficient (Wildman–Crippen LogP) is 1.76. The molecule has 3 amide bonds. The van der Waals surface area contributed by atoms with Gasteiger partial charge >= 0.3 is 6.03 Å². The summed E-state index contributed by atoms with van der Waals surface area (Å²) in [5.41, 5.74) is 0.0381. The highest BCUT2D eigenvalue weighted by Crippen LogP contribution is 2.55. The highest BCUT2D eigenvalue weighted by Gasteiger charge is 2.51. The van der Waals surface area contributed by atoms with Crippen LogP contribution in [-0.2, 0) is 4.79 Å². The Kier molecular flexibility index (Phi) is 5.39. The Balaban J connectivity index is 1.12. The summed E-state index contributed by atoms with van der Waals surface area (Å²) in [6, 6.07) is -0.0863. The molecule has 0 radical (unpaired) electrons. The van der Waals surface area contributed by atoms with Gasteiger partial charge in [0.15, 0.2) is 0 Å². The van der Waals surface area contributed by atoms with Crippen molar-refractivity contribution >= 4 is 11.9 Å². The second-order valence-electron chi connectivity index (χ2n) is 9.33. The van der Waals surface area contributed by atoms with E-state index in [1.807, 2.05) is 0 Å². The quantitative estimate of drug-likeness (QED) is 0.557. The maximum atomic E-state index is 12.3. The maximum Gasteiger partial charge on any atom is 0.315 e. The van der Waals surface area contributed by atoms with Gasteiger partial charge in [-0.05, 0) is 88.1 Å². The zero-order valence-corrected chi connectivity index (χ0v) is 15.8. The lowest BCUT2D eigenvalue weighted by Crippen LogP contribution is -2.61. The normalized spacial score (nSPS) is 37.5. The zero-order chi connectivity index (χ0) is 18.0. The number of hydrogen-bond acceptors (Lipinski definition) is 3. The molecule has 4 saturated carbocycles. The van der Waals surface area contributed by atoms with Crippen LogP contribution in [0.3, 0.4) is 0 Å². The minimum Gasteiger partial charge on any atom is -0.356 e. The second-order valence-corrected chi connectivity index (χ2v) is 9.33. The summed E-state index contributed by atoms with van der Waals surface area (Å²) in [4.78, 5) is 24.2. The van der Waals surface area contributed by atoms with E-state index < -0.39 is 0 Å². The third kappa shape index (κ3) is 4.33. The molecular weight excluding hydrogens is 328 g/mol. The Morgan fingerprint density at radius 1 is 0.962 bits per heavy atom. The molecule has 1 unspecified atom stereocenters. The third-order valence-corrected chi connectivity index (χ3v) is 7.09. The van der Waals surface area contributed by atoms with Crippen molar-refractivity contribution in [2.45, 2.75) is 63.3 Å². The van der Waals surface area contributed by atoms with Crippen molar-refractivity contribution in [3.05, 3.63) is 0 Å². The molecule has 0 aromatic rings. The Morgan fingerprint density at radius 3 is 2.27 bits per heavy atom. The van der Waals surface area contributed by atoms with Gasteiger partial charge < -0.3 is 21.3 Å². The fourth-order valence-electron chi connectivity index (χ4n) is 6.30. The molecule has 1 atom stereocenters. The Bertz CT molecular complexity index is 495. The smallest absolute Gasteiger partial charge is 0.315 e. The summed E-state index contributed by atoms with van der Waals surface area (Å²) >= 11 is 0. The van der Waals surface area contributed by atoms with Crippen molar-refractivity contribution in [1.82, 2.24) is 21.3 Å². The molecule has 5 rings (SSSR count). The van der Waals surface area contributed by atoms with Gasteiger partial charge in [0.2, 0.25) is 5.91 Å². The summed E-state index contributed by atoms with van der Waals surface area (Å²) in [5.74, 6) is 3.19. The van der Waals surface area contributed by atoms with Gasteiger partial charge in [0.05, 0.1) is 0 Å². The summed E-state index contributed by atoms with van der Waals surface area (Å²) in [5, 5.41) is 12.5. The van der Waals surface area contributed by atoms with Crippen LogP contribution in [0.2, 0.25) is 0 Å². The minimum absolute atomic E-state index is 0.0334. The molecule has 1 heterocycles. The lowest BCUT2D eigenvalue weighted by Gasteiger charge is -2.56. The lowest BCUT2D eigenvalue weighted by molar-refractivity contribution is -0.120. The van der Waals surface area contributed by atoms with Gasteiger partial charge in [-0.15, -0.1) is 0 Å². The number of hydrogen-bond donors (Lipinski definition) is 4. The molecule has 6 heteroatoms. The SMILES string of the molecule is O=C(CCNC(=O)NC12CC3CC(CC(C3)C1)C2)NCCC1CCNC1. The van der Waals surface area contributed by atoms with Gasteiger partial charge in [0.1, 0.15) is 0 Å². The van der Waals surface area contributed by atoms with Crippen molar-refractivity contribution in [2.24, 2.45) is 23.7 Å².